The Bertz CT molecular complexity index is 1220. The molecule has 3 N–H and O–H groups in total. The predicted octanol–water partition coefficient (Wildman–Crippen LogP) is 3.84. The lowest BCUT2D eigenvalue weighted by atomic mass is 10.1. The quantitative estimate of drug-likeness (QED) is 0.457. The Morgan fingerprint density at radius 1 is 1.22 bits per heavy atom. The Labute approximate surface area is 196 Å². The van der Waals surface area contributed by atoms with Crippen molar-refractivity contribution in [2.75, 3.05) is 48.3 Å². The fourth-order valence-electron chi connectivity index (χ4n) is 3.82. The van der Waals surface area contributed by atoms with Crippen molar-refractivity contribution in [3.05, 3.63) is 53.1 Å². The summed E-state index contributed by atoms with van der Waals surface area (Å²) in [5.74, 6) is 0. The van der Waals surface area contributed by atoms with E-state index in [1.165, 1.54) is 0 Å². The first kappa shape index (κ1) is 22.8. The normalized spacial score (nSPS) is 15.1. The van der Waals surface area contributed by atoms with Crippen molar-refractivity contribution < 1.29 is 13.2 Å². The second-order valence-electron chi connectivity index (χ2n) is 7.52. The molecule has 0 amide bonds. The summed E-state index contributed by atoms with van der Waals surface area (Å²) in [5, 5.41) is 5.12. The molecular weight excluding hydrogens is 494 g/mol. The number of hydrazine groups is 1. The number of pyridine rings is 1. The van der Waals surface area contributed by atoms with Gasteiger partial charge in [-0.1, -0.05) is 41.1 Å². The third-order valence-corrected chi connectivity index (χ3v) is 7.13. The third kappa shape index (κ3) is 4.68. The average molecular weight is 520 g/mol. The Morgan fingerprint density at radius 3 is 2.69 bits per heavy atom. The van der Waals surface area contributed by atoms with Gasteiger partial charge in [0.05, 0.1) is 46.9 Å². The van der Waals surface area contributed by atoms with Crippen LogP contribution in [0.5, 0.6) is 0 Å². The Kier molecular flexibility index (Phi) is 6.85. The molecule has 1 aliphatic heterocycles. The number of benzene rings is 2. The molecule has 2 heterocycles. The smallest absolute Gasteiger partial charge is 0.262 e. The standard InChI is InChI=1S/C22H26BrN5O3S/c1-2-9-28(27-10-12-31-13-11-27)22-18-7-4-8-19(24)21(18)25-15-20(22)26-32(29,30)17-6-3-5-16(23)14-17/h3-8,14-15,26H,2,9-13,24H2,1H3. The monoisotopic (exact) mass is 519 g/mol. The molecule has 1 fully saturated rings. The lowest BCUT2D eigenvalue weighted by Crippen LogP contribution is -2.49. The van der Waals surface area contributed by atoms with Gasteiger partial charge in [0.2, 0.25) is 0 Å². The van der Waals surface area contributed by atoms with Crippen molar-refractivity contribution in [2.24, 2.45) is 0 Å². The van der Waals surface area contributed by atoms with E-state index >= 15 is 0 Å². The molecule has 0 aliphatic carbocycles. The van der Waals surface area contributed by atoms with E-state index in [2.05, 4.69) is 42.6 Å². The number of halogens is 1. The van der Waals surface area contributed by atoms with Crippen LogP contribution >= 0.6 is 15.9 Å². The summed E-state index contributed by atoms with van der Waals surface area (Å²) in [6, 6.07) is 12.2. The van der Waals surface area contributed by atoms with Crippen molar-refractivity contribution in [3.63, 3.8) is 0 Å². The van der Waals surface area contributed by atoms with E-state index in [0.717, 1.165) is 17.5 Å². The molecule has 0 bridgehead atoms. The van der Waals surface area contributed by atoms with Gasteiger partial charge in [-0.2, -0.15) is 0 Å². The molecule has 0 saturated carbocycles. The van der Waals surface area contributed by atoms with Gasteiger partial charge in [-0.05, 0) is 30.7 Å². The van der Waals surface area contributed by atoms with Crippen molar-refractivity contribution in [1.29, 1.82) is 0 Å². The number of ether oxygens (including phenoxy) is 1. The summed E-state index contributed by atoms with van der Waals surface area (Å²) >= 11 is 3.35. The number of morpholine rings is 1. The number of para-hydroxylation sites is 1. The maximum atomic E-state index is 13.2. The fourth-order valence-corrected chi connectivity index (χ4v) is 5.47. The first-order valence-corrected chi connectivity index (χ1v) is 12.7. The molecule has 2 aromatic carbocycles. The van der Waals surface area contributed by atoms with E-state index in [1.807, 2.05) is 12.1 Å². The number of aromatic nitrogens is 1. The van der Waals surface area contributed by atoms with Crippen molar-refractivity contribution in [3.8, 4) is 0 Å². The highest BCUT2D eigenvalue weighted by molar-refractivity contribution is 9.10. The lowest BCUT2D eigenvalue weighted by molar-refractivity contribution is 0.0318. The molecule has 0 spiro atoms. The topological polar surface area (TPSA) is 101 Å². The highest BCUT2D eigenvalue weighted by atomic mass is 79.9. The first-order chi connectivity index (χ1) is 15.4. The third-order valence-electron chi connectivity index (χ3n) is 5.27. The number of nitrogen functional groups attached to an aromatic ring is 1. The predicted molar refractivity (Wildman–Crippen MR) is 131 cm³/mol. The van der Waals surface area contributed by atoms with E-state index in [0.29, 0.717) is 54.2 Å². The number of sulfonamides is 1. The van der Waals surface area contributed by atoms with Crippen LogP contribution in [0.3, 0.4) is 0 Å². The molecule has 10 heteroatoms. The summed E-state index contributed by atoms with van der Waals surface area (Å²) in [6.07, 6.45) is 2.42. The van der Waals surface area contributed by atoms with E-state index in [1.54, 1.807) is 36.5 Å². The Morgan fingerprint density at radius 2 is 1.97 bits per heavy atom. The molecule has 1 aliphatic rings. The summed E-state index contributed by atoms with van der Waals surface area (Å²) < 4.78 is 35.4. The molecule has 8 nitrogen and oxygen atoms in total. The number of nitrogens with two attached hydrogens (primary N) is 1. The van der Waals surface area contributed by atoms with Crippen molar-refractivity contribution in [1.82, 2.24) is 9.99 Å². The van der Waals surface area contributed by atoms with Gasteiger partial charge >= 0.3 is 0 Å². The maximum absolute atomic E-state index is 13.2. The number of rotatable bonds is 7. The number of hydrogen-bond acceptors (Lipinski definition) is 7. The van der Waals surface area contributed by atoms with Gasteiger partial charge < -0.3 is 15.5 Å². The van der Waals surface area contributed by atoms with E-state index < -0.39 is 10.0 Å². The number of nitrogens with zero attached hydrogens (tertiary/aromatic N) is 3. The van der Waals surface area contributed by atoms with Crippen LogP contribution < -0.4 is 15.5 Å². The van der Waals surface area contributed by atoms with Gasteiger partial charge in [-0.15, -0.1) is 0 Å². The molecule has 170 valence electrons. The SMILES string of the molecule is CCCN(c1c(NS(=O)(=O)c2cccc(Br)c2)cnc2c(N)cccc12)N1CCOCC1. The zero-order chi connectivity index (χ0) is 22.7. The highest BCUT2D eigenvalue weighted by Crippen LogP contribution is 2.37. The van der Waals surface area contributed by atoms with Gasteiger partial charge in [0.25, 0.3) is 10.0 Å². The van der Waals surface area contributed by atoms with Gasteiger partial charge in [-0.25, -0.2) is 13.4 Å². The Hall–Kier alpha value is -2.40. The van der Waals surface area contributed by atoms with Crippen LogP contribution in [-0.2, 0) is 14.8 Å². The van der Waals surface area contributed by atoms with E-state index in [9.17, 15) is 8.42 Å². The molecular formula is C22H26BrN5O3S. The number of hydrogen-bond donors (Lipinski definition) is 2. The molecule has 0 unspecified atom stereocenters. The van der Waals surface area contributed by atoms with E-state index in [-0.39, 0.29) is 4.90 Å². The lowest BCUT2D eigenvalue weighted by Gasteiger charge is -2.40. The highest BCUT2D eigenvalue weighted by Gasteiger charge is 2.26. The molecule has 1 aromatic heterocycles. The zero-order valence-electron chi connectivity index (χ0n) is 17.8. The molecule has 32 heavy (non-hydrogen) atoms. The minimum Gasteiger partial charge on any atom is -0.397 e. The maximum Gasteiger partial charge on any atom is 0.262 e. The molecule has 1 saturated heterocycles. The number of fused-ring (bicyclic) bond motifs is 1. The fraction of sp³-hybridized carbons (Fsp3) is 0.318. The molecule has 0 atom stereocenters. The van der Waals surface area contributed by atoms with Gasteiger partial charge in [0.15, 0.2) is 0 Å². The van der Waals surface area contributed by atoms with Crippen LogP contribution in [0.2, 0.25) is 0 Å². The molecule has 0 radical (unpaired) electrons. The van der Waals surface area contributed by atoms with Gasteiger partial charge in [-0.3, -0.25) is 9.71 Å². The summed E-state index contributed by atoms with van der Waals surface area (Å²) in [5.41, 5.74) is 8.54. The second-order valence-corrected chi connectivity index (χ2v) is 10.1. The van der Waals surface area contributed by atoms with Crippen molar-refractivity contribution in [2.45, 2.75) is 18.2 Å². The summed E-state index contributed by atoms with van der Waals surface area (Å²) in [4.78, 5) is 4.66. The van der Waals surface area contributed by atoms with Crippen molar-refractivity contribution >= 4 is 53.9 Å². The molecule has 4 rings (SSSR count). The second kappa shape index (κ2) is 9.62. The minimum absolute atomic E-state index is 0.166. The van der Waals surface area contributed by atoms with Crippen LogP contribution in [0, 0.1) is 0 Å². The van der Waals surface area contributed by atoms with Gasteiger partial charge in [0, 0.05) is 29.5 Å². The minimum atomic E-state index is -3.84. The van der Waals surface area contributed by atoms with Crippen LogP contribution in [-0.4, -0.2) is 51.3 Å². The average Bonchev–Trinajstić information content (AvgIpc) is 2.78. The van der Waals surface area contributed by atoms with Gasteiger partial charge in [0.1, 0.15) is 0 Å². The van der Waals surface area contributed by atoms with Crippen LogP contribution in [0.15, 0.2) is 58.0 Å². The number of nitrogens with one attached hydrogen (secondary N) is 1. The number of anilines is 3. The van der Waals surface area contributed by atoms with Crippen LogP contribution in [0.1, 0.15) is 13.3 Å². The summed E-state index contributed by atoms with van der Waals surface area (Å²) in [7, 11) is -3.84. The van der Waals surface area contributed by atoms with Crippen LogP contribution in [0.4, 0.5) is 17.1 Å². The zero-order valence-corrected chi connectivity index (χ0v) is 20.2. The van der Waals surface area contributed by atoms with Crippen LogP contribution in [0.25, 0.3) is 10.9 Å². The molecule has 3 aromatic rings. The first-order valence-electron chi connectivity index (χ1n) is 10.5. The largest absolute Gasteiger partial charge is 0.397 e. The van der Waals surface area contributed by atoms with E-state index in [4.69, 9.17) is 10.5 Å². The Balaban J connectivity index is 1.87. The summed E-state index contributed by atoms with van der Waals surface area (Å²) in [6.45, 7) is 5.46.